The van der Waals surface area contributed by atoms with Crippen molar-refractivity contribution in [1.82, 2.24) is 10.6 Å². The average molecular weight is 212 g/mol. The molecule has 1 rings (SSSR count). The van der Waals surface area contributed by atoms with E-state index in [2.05, 4.69) is 17.6 Å². The van der Waals surface area contributed by atoms with E-state index in [9.17, 15) is 0 Å². The first-order chi connectivity index (χ1) is 7.43. The lowest BCUT2D eigenvalue weighted by molar-refractivity contribution is 0.510. The Bertz CT molecular complexity index is 130. The predicted molar refractivity (Wildman–Crippen MR) is 67.3 cm³/mol. The van der Waals surface area contributed by atoms with Gasteiger partial charge in [-0.05, 0) is 25.9 Å². The van der Waals surface area contributed by atoms with Crippen LogP contribution in [0.1, 0.15) is 58.3 Å². The Kier molecular flexibility index (Phi) is 7.94. The van der Waals surface area contributed by atoms with Crippen LogP contribution in [0.3, 0.4) is 0 Å². The van der Waals surface area contributed by atoms with Crippen LogP contribution < -0.4 is 10.6 Å². The van der Waals surface area contributed by atoms with Crippen molar-refractivity contribution in [2.45, 2.75) is 64.3 Å². The second-order valence-electron chi connectivity index (χ2n) is 4.77. The third-order valence-electron chi connectivity index (χ3n) is 3.27. The third-order valence-corrected chi connectivity index (χ3v) is 3.27. The molecule has 0 aliphatic carbocycles. The molecular formula is C13H28N2. The maximum atomic E-state index is 3.62. The number of hydrogen-bond acceptors (Lipinski definition) is 2. The smallest absolute Gasteiger partial charge is 0.0204 e. The summed E-state index contributed by atoms with van der Waals surface area (Å²) in [6, 6.07) is 0.755. The molecule has 0 aromatic rings. The molecule has 1 unspecified atom stereocenters. The zero-order chi connectivity index (χ0) is 10.8. The molecule has 1 atom stereocenters. The third kappa shape index (κ3) is 6.91. The minimum Gasteiger partial charge on any atom is -0.315 e. The van der Waals surface area contributed by atoms with Crippen LogP contribution in [0.25, 0.3) is 0 Å². The zero-order valence-corrected chi connectivity index (χ0v) is 10.4. The molecule has 0 radical (unpaired) electrons. The quantitative estimate of drug-likeness (QED) is 0.574. The van der Waals surface area contributed by atoms with Gasteiger partial charge in [0.25, 0.3) is 0 Å². The molecule has 0 saturated carbocycles. The summed E-state index contributed by atoms with van der Waals surface area (Å²) in [5.74, 6) is 0. The Morgan fingerprint density at radius 1 is 1.07 bits per heavy atom. The van der Waals surface area contributed by atoms with Gasteiger partial charge >= 0.3 is 0 Å². The van der Waals surface area contributed by atoms with E-state index in [1.54, 1.807) is 0 Å². The van der Waals surface area contributed by atoms with E-state index in [0.29, 0.717) is 0 Å². The molecule has 0 amide bonds. The molecule has 2 nitrogen and oxygen atoms in total. The number of unbranched alkanes of at least 4 members (excludes halogenated alkanes) is 6. The Morgan fingerprint density at radius 2 is 1.80 bits per heavy atom. The Morgan fingerprint density at radius 3 is 2.47 bits per heavy atom. The van der Waals surface area contributed by atoms with Gasteiger partial charge in [-0.3, -0.25) is 0 Å². The van der Waals surface area contributed by atoms with Crippen LogP contribution in [-0.4, -0.2) is 25.7 Å². The van der Waals surface area contributed by atoms with Gasteiger partial charge in [0.05, 0.1) is 0 Å². The molecule has 1 aliphatic heterocycles. The molecule has 0 bridgehead atoms. The molecule has 0 aromatic heterocycles. The maximum Gasteiger partial charge on any atom is 0.0204 e. The zero-order valence-electron chi connectivity index (χ0n) is 10.4. The van der Waals surface area contributed by atoms with E-state index < -0.39 is 0 Å². The van der Waals surface area contributed by atoms with Gasteiger partial charge in [0.1, 0.15) is 0 Å². The van der Waals surface area contributed by atoms with Crippen LogP contribution in [-0.2, 0) is 0 Å². The summed E-state index contributed by atoms with van der Waals surface area (Å²) >= 11 is 0. The average Bonchev–Trinajstić information content (AvgIpc) is 2.75. The molecule has 15 heavy (non-hydrogen) atoms. The van der Waals surface area contributed by atoms with Crippen molar-refractivity contribution in [3.8, 4) is 0 Å². The first-order valence-electron chi connectivity index (χ1n) is 6.87. The highest BCUT2D eigenvalue weighted by Crippen LogP contribution is 2.06. The first kappa shape index (κ1) is 13.0. The minimum atomic E-state index is 0.755. The van der Waals surface area contributed by atoms with Gasteiger partial charge in [-0.15, -0.1) is 0 Å². The molecule has 2 N–H and O–H groups in total. The second-order valence-corrected chi connectivity index (χ2v) is 4.77. The Labute approximate surface area is 95.2 Å². The lowest BCUT2D eigenvalue weighted by Gasteiger charge is -2.10. The van der Waals surface area contributed by atoms with Gasteiger partial charge in [-0.25, -0.2) is 0 Å². The van der Waals surface area contributed by atoms with Gasteiger partial charge in [0, 0.05) is 12.6 Å². The van der Waals surface area contributed by atoms with E-state index >= 15 is 0 Å². The largest absolute Gasteiger partial charge is 0.315 e. The molecule has 2 heteroatoms. The fourth-order valence-corrected chi connectivity index (χ4v) is 2.22. The van der Waals surface area contributed by atoms with Crippen LogP contribution in [0.5, 0.6) is 0 Å². The number of rotatable bonds is 9. The van der Waals surface area contributed by atoms with Crippen molar-refractivity contribution in [3.63, 3.8) is 0 Å². The SMILES string of the molecule is CCCCCCCCCNC1CCNC1. The second kappa shape index (κ2) is 9.17. The lowest BCUT2D eigenvalue weighted by atomic mass is 10.1. The van der Waals surface area contributed by atoms with E-state index in [-0.39, 0.29) is 0 Å². The summed E-state index contributed by atoms with van der Waals surface area (Å²) in [4.78, 5) is 0. The minimum absolute atomic E-state index is 0.755. The summed E-state index contributed by atoms with van der Waals surface area (Å²) < 4.78 is 0. The summed E-state index contributed by atoms with van der Waals surface area (Å²) in [5, 5.41) is 7.01. The normalized spacial score (nSPS) is 21.0. The highest BCUT2D eigenvalue weighted by molar-refractivity contribution is 4.76. The monoisotopic (exact) mass is 212 g/mol. The molecular weight excluding hydrogens is 184 g/mol. The lowest BCUT2D eigenvalue weighted by Crippen LogP contribution is -2.31. The van der Waals surface area contributed by atoms with E-state index in [4.69, 9.17) is 0 Å². The fourth-order valence-electron chi connectivity index (χ4n) is 2.22. The molecule has 1 heterocycles. The van der Waals surface area contributed by atoms with Crippen molar-refractivity contribution >= 4 is 0 Å². The molecule has 0 aromatic carbocycles. The van der Waals surface area contributed by atoms with Gasteiger partial charge in [0.15, 0.2) is 0 Å². The summed E-state index contributed by atoms with van der Waals surface area (Å²) in [6.07, 6.45) is 11.2. The Balaban J connectivity index is 1.73. The highest BCUT2D eigenvalue weighted by atomic mass is 15.0. The van der Waals surface area contributed by atoms with Crippen LogP contribution in [0, 0.1) is 0 Å². The van der Waals surface area contributed by atoms with Crippen LogP contribution in [0.4, 0.5) is 0 Å². The van der Waals surface area contributed by atoms with E-state index in [0.717, 1.165) is 6.04 Å². The van der Waals surface area contributed by atoms with Crippen molar-refractivity contribution in [2.24, 2.45) is 0 Å². The van der Waals surface area contributed by atoms with Gasteiger partial charge in [-0.2, -0.15) is 0 Å². The fraction of sp³-hybridized carbons (Fsp3) is 1.00. The van der Waals surface area contributed by atoms with Crippen LogP contribution >= 0.6 is 0 Å². The standard InChI is InChI=1S/C13H28N2/c1-2-3-4-5-6-7-8-10-15-13-9-11-14-12-13/h13-15H,2-12H2,1H3. The summed E-state index contributed by atoms with van der Waals surface area (Å²) in [7, 11) is 0. The van der Waals surface area contributed by atoms with Gasteiger partial charge in [-0.1, -0.05) is 45.4 Å². The summed E-state index contributed by atoms with van der Waals surface area (Å²) in [6.45, 7) is 5.88. The van der Waals surface area contributed by atoms with Crippen LogP contribution in [0.15, 0.2) is 0 Å². The first-order valence-corrected chi connectivity index (χ1v) is 6.87. The topological polar surface area (TPSA) is 24.1 Å². The van der Waals surface area contributed by atoms with E-state index in [1.165, 1.54) is 71.0 Å². The molecule has 1 aliphatic rings. The van der Waals surface area contributed by atoms with Crippen molar-refractivity contribution in [1.29, 1.82) is 0 Å². The van der Waals surface area contributed by atoms with Crippen molar-refractivity contribution < 1.29 is 0 Å². The van der Waals surface area contributed by atoms with Crippen LogP contribution in [0.2, 0.25) is 0 Å². The molecule has 90 valence electrons. The number of nitrogens with one attached hydrogen (secondary N) is 2. The maximum absolute atomic E-state index is 3.62. The molecule has 0 spiro atoms. The van der Waals surface area contributed by atoms with E-state index in [1.807, 2.05) is 0 Å². The van der Waals surface area contributed by atoms with Crippen molar-refractivity contribution in [2.75, 3.05) is 19.6 Å². The Hall–Kier alpha value is -0.0800. The summed E-state index contributed by atoms with van der Waals surface area (Å²) in [5.41, 5.74) is 0. The highest BCUT2D eigenvalue weighted by Gasteiger charge is 2.12. The van der Waals surface area contributed by atoms with Gasteiger partial charge < -0.3 is 10.6 Å². The van der Waals surface area contributed by atoms with Crippen molar-refractivity contribution in [3.05, 3.63) is 0 Å². The molecule has 1 fully saturated rings. The predicted octanol–water partition coefficient (Wildman–Crippen LogP) is 2.69. The molecule has 1 saturated heterocycles. The number of hydrogen-bond donors (Lipinski definition) is 2. The van der Waals surface area contributed by atoms with Gasteiger partial charge in [0.2, 0.25) is 0 Å².